The van der Waals surface area contributed by atoms with Crippen molar-refractivity contribution in [3.05, 3.63) is 23.8 Å². The Bertz CT molecular complexity index is 426. The van der Waals surface area contributed by atoms with Crippen molar-refractivity contribution < 1.29 is 14.2 Å². The number of hydrogen-bond acceptors (Lipinski definition) is 4. The molecule has 0 saturated carbocycles. The van der Waals surface area contributed by atoms with Gasteiger partial charge in [0.2, 0.25) is 0 Å². The van der Waals surface area contributed by atoms with Crippen molar-refractivity contribution in [2.75, 3.05) is 14.2 Å². The summed E-state index contributed by atoms with van der Waals surface area (Å²) in [6, 6.07) is 6.44. The highest BCUT2D eigenvalue weighted by Crippen LogP contribution is 2.25. The van der Waals surface area contributed by atoms with Gasteiger partial charge in [0.1, 0.15) is 11.5 Å². The molecule has 1 saturated heterocycles. The van der Waals surface area contributed by atoms with Crippen LogP contribution in [0.25, 0.3) is 0 Å². The van der Waals surface area contributed by atoms with Crippen LogP contribution < -0.4 is 14.8 Å². The molecule has 1 aromatic rings. The molecule has 4 nitrogen and oxygen atoms in total. The molecule has 1 N–H and O–H groups in total. The van der Waals surface area contributed by atoms with Crippen LogP contribution in [0.2, 0.25) is 0 Å². The van der Waals surface area contributed by atoms with E-state index in [2.05, 4.69) is 25.2 Å². The Balaban J connectivity index is 1.96. The Morgan fingerprint density at radius 1 is 1.15 bits per heavy atom. The van der Waals surface area contributed by atoms with Gasteiger partial charge in [-0.25, -0.2) is 0 Å². The van der Waals surface area contributed by atoms with Gasteiger partial charge in [0.05, 0.1) is 26.4 Å². The van der Waals surface area contributed by atoms with Crippen LogP contribution in [0.15, 0.2) is 18.2 Å². The second kappa shape index (κ2) is 6.95. The average Bonchev–Trinajstić information content (AvgIpc) is 2.44. The maximum Gasteiger partial charge on any atom is 0.127 e. The fourth-order valence-electron chi connectivity index (χ4n) is 2.82. The highest BCUT2D eigenvalue weighted by atomic mass is 16.5. The highest BCUT2D eigenvalue weighted by molar-refractivity contribution is 5.40. The summed E-state index contributed by atoms with van der Waals surface area (Å²) in [4.78, 5) is 0. The lowest BCUT2D eigenvalue weighted by Gasteiger charge is -2.32. The minimum Gasteiger partial charge on any atom is -0.497 e. The molecule has 1 heterocycles. The summed E-state index contributed by atoms with van der Waals surface area (Å²) in [5.74, 6) is 1.68. The molecule has 1 aromatic carbocycles. The molecule has 0 amide bonds. The zero-order valence-electron chi connectivity index (χ0n) is 12.8. The van der Waals surface area contributed by atoms with Gasteiger partial charge in [-0.05, 0) is 32.8 Å². The van der Waals surface area contributed by atoms with E-state index in [1.54, 1.807) is 14.2 Å². The molecular formula is C16H25NO3. The topological polar surface area (TPSA) is 39.7 Å². The Labute approximate surface area is 121 Å². The van der Waals surface area contributed by atoms with Crippen molar-refractivity contribution >= 4 is 0 Å². The fraction of sp³-hybridized carbons (Fsp3) is 0.625. The molecule has 1 fully saturated rings. The first-order valence-electron chi connectivity index (χ1n) is 7.22. The minimum absolute atomic E-state index is 0.328. The molecular weight excluding hydrogens is 254 g/mol. The van der Waals surface area contributed by atoms with Crippen LogP contribution in [0.1, 0.15) is 32.3 Å². The van der Waals surface area contributed by atoms with Gasteiger partial charge < -0.3 is 19.5 Å². The van der Waals surface area contributed by atoms with Gasteiger partial charge in [0.25, 0.3) is 0 Å². The standard InChI is InChI=1S/C16H25NO3/c1-11-7-14(8-12(2)20-11)17-10-13-5-6-15(18-3)9-16(13)19-4/h5-6,9,11-12,14,17H,7-8,10H2,1-4H3/t11-,12+,14?. The van der Waals surface area contributed by atoms with E-state index in [0.717, 1.165) is 36.4 Å². The minimum atomic E-state index is 0.328. The number of ether oxygens (including phenoxy) is 3. The van der Waals surface area contributed by atoms with Crippen LogP contribution in [-0.2, 0) is 11.3 Å². The second-order valence-corrected chi connectivity index (χ2v) is 5.48. The van der Waals surface area contributed by atoms with Gasteiger partial charge in [0, 0.05) is 24.2 Å². The molecule has 0 aliphatic carbocycles. The van der Waals surface area contributed by atoms with Gasteiger partial charge >= 0.3 is 0 Å². The molecule has 4 heteroatoms. The largest absolute Gasteiger partial charge is 0.497 e. The van der Waals surface area contributed by atoms with Crippen molar-refractivity contribution in [3.63, 3.8) is 0 Å². The highest BCUT2D eigenvalue weighted by Gasteiger charge is 2.24. The molecule has 112 valence electrons. The first-order valence-corrected chi connectivity index (χ1v) is 7.22. The van der Waals surface area contributed by atoms with Crippen LogP contribution in [0.4, 0.5) is 0 Å². The maximum atomic E-state index is 5.76. The predicted molar refractivity (Wildman–Crippen MR) is 79.4 cm³/mol. The molecule has 1 aliphatic heterocycles. The van der Waals surface area contributed by atoms with Crippen molar-refractivity contribution in [3.8, 4) is 11.5 Å². The zero-order chi connectivity index (χ0) is 14.5. The van der Waals surface area contributed by atoms with Crippen LogP contribution >= 0.6 is 0 Å². The fourth-order valence-corrected chi connectivity index (χ4v) is 2.82. The molecule has 20 heavy (non-hydrogen) atoms. The number of nitrogens with one attached hydrogen (secondary N) is 1. The van der Waals surface area contributed by atoms with Gasteiger partial charge in [-0.2, -0.15) is 0 Å². The summed E-state index contributed by atoms with van der Waals surface area (Å²) in [6.07, 6.45) is 2.77. The third kappa shape index (κ3) is 3.87. The second-order valence-electron chi connectivity index (χ2n) is 5.48. The van der Waals surface area contributed by atoms with E-state index in [1.807, 2.05) is 12.1 Å². The smallest absolute Gasteiger partial charge is 0.127 e. The van der Waals surface area contributed by atoms with Crippen molar-refractivity contribution in [2.45, 2.75) is 51.5 Å². The third-order valence-corrected chi connectivity index (χ3v) is 3.77. The molecule has 3 atom stereocenters. The van der Waals surface area contributed by atoms with E-state index in [-0.39, 0.29) is 0 Å². The lowest BCUT2D eigenvalue weighted by Crippen LogP contribution is -2.41. The van der Waals surface area contributed by atoms with E-state index >= 15 is 0 Å². The molecule has 0 spiro atoms. The summed E-state index contributed by atoms with van der Waals surface area (Å²) in [5, 5.41) is 3.61. The molecule has 0 bridgehead atoms. The average molecular weight is 279 g/mol. The van der Waals surface area contributed by atoms with Crippen molar-refractivity contribution in [1.29, 1.82) is 0 Å². The van der Waals surface area contributed by atoms with Crippen LogP contribution in [-0.4, -0.2) is 32.5 Å². The SMILES string of the molecule is COc1ccc(CNC2C[C@@H](C)O[C@@H](C)C2)c(OC)c1. The van der Waals surface area contributed by atoms with Crippen LogP contribution in [0.5, 0.6) is 11.5 Å². The lowest BCUT2D eigenvalue weighted by atomic mass is 9.99. The maximum absolute atomic E-state index is 5.76. The number of hydrogen-bond donors (Lipinski definition) is 1. The Kier molecular flexibility index (Phi) is 5.26. The first-order chi connectivity index (χ1) is 9.62. The molecule has 1 unspecified atom stereocenters. The van der Waals surface area contributed by atoms with E-state index in [9.17, 15) is 0 Å². The molecule has 2 rings (SSSR count). The summed E-state index contributed by atoms with van der Waals surface area (Å²) >= 11 is 0. The van der Waals surface area contributed by atoms with Gasteiger partial charge in [-0.1, -0.05) is 6.07 Å². The van der Waals surface area contributed by atoms with Crippen molar-refractivity contribution in [2.24, 2.45) is 0 Å². The predicted octanol–water partition coefficient (Wildman–Crippen LogP) is 2.75. The Morgan fingerprint density at radius 2 is 1.85 bits per heavy atom. The summed E-state index contributed by atoms with van der Waals surface area (Å²) in [5.41, 5.74) is 1.15. The number of benzene rings is 1. The number of methoxy groups -OCH3 is 2. The van der Waals surface area contributed by atoms with E-state index < -0.39 is 0 Å². The lowest BCUT2D eigenvalue weighted by molar-refractivity contribution is -0.0423. The van der Waals surface area contributed by atoms with E-state index in [4.69, 9.17) is 14.2 Å². The zero-order valence-corrected chi connectivity index (χ0v) is 12.8. The number of rotatable bonds is 5. The van der Waals surface area contributed by atoms with Crippen molar-refractivity contribution in [1.82, 2.24) is 5.32 Å². The quantitative estimate of drug-likeness (QED) is 0.899. The first kappa shape index (κ1) is 15.1. The monoisotopic (exact) mass is 279 g/mol. The molecule has 1 aliphatic rings. The summed E-state index contributed by atoms with van der Waals surface area (Å²) in [7, 11) is 3.36. The van der Waals surface area contributed by atoms with Crippen LogP contribution in [0.3, 0.4) is 0 Å². The third-order valence-electron chi connectivity index (χ3n) is 3.77. The van der Waals surface area contributed by atoms with Gasteiger partial charge in [0.15, 0.2) is 0 Å². The van der Waals surface area contributed by atoms with E-state index in [0.29, 0.717) is 18.2 Å². The van der Waals surface area contributed by atoms with Gasteiger partial charge in [-0.15, -0.1) is 0 Å². The summed E-state index contributed by atoms with van der Waals surface area (Å²) < 4.78 is 16.4. The normalized spacial score (nSPS) is 26.3. The summed E-state index contributed by atoms with van der Waals surface area (Å²) in [6.45, 7) is 5.08. The molecule has 0 aromatic heterocycles. The Hall–Kier alpha value is -1.26. The van der Waals surface area contributed by atoms with Crippen LogP contribution in [0, 0.1) is 0 Å². The Morgan fingerprint density at radius 3 is 2.45 bits per heavy atom. The molecule has 0 radical (unpaired) electrons. The van der Waals surface area contributed by atoms with Gasteiger partial charge in [-0.3, -0.25) is 0 Å². The van der Waals surface area contributed by atoms with E-state index in [1.165, 1.54) is 0 Å².